The molecule has 1 aliphatic carbocycles. The molecule has 1 heterocycles. The van der Waals surface area contributed by atoms with E-state index < -0.39 is 0 Å². The van der Waals surface area contributed by atoms with Crippen LogP contribution in [0.1, 0.15) is 64.1 Å². The first-order chi connectivity index (χ1) is 12.6. The molecule has 0 spiro atoms. The summed E-state index contributed by atoms with van der Waals surface area (Å²) in [5, 5.41) is 7.49. The number of methoxy groups -OCH3 is 1. The Morgan fingerprint density at radius 3 is 2.77 bits per heavy atom. The molecule has 0 bridgehead atoms. The van der Waals surface area contributed by atoms with Crippen molar-refractivity contribution in [2.45, 2.75) is 51.6 Å². The minimum atomic E-state index is -0.364. The molecule has 26 heavy (non-hydrogen) atoms. The summed E-state index contributed by atoms with van der Waals surface area (Å²) in [4.78, 5) is 24.2. The lowest BCUT2D eigenvalue weighted by Crippen LogP contribution is -2.36. The third kappa shape index (κ3) is 4.12. The van der Waals surface area contributed by atoms with Crippen molar-refractivity contribution in [3.05, 3.63) is 52.8 Å². The highest BCUT2D eigenvalue weighted by Gasteiger charge is 2.20. The second-order valence-corrected chi connectivity index (χ2v) is 6.80. The van der Waals surface area contributed by atoms with Gasteiger partial charge in [-0.05, 0) is 37.5 Å². The number of benzene rings is 1. The smallest absolute Gasteiger partial charge is 0.337 e. The summed E-state index contributed by atoms with van der Waals surface area (Å²) >= 11 is 0. The molecule has 3 rings (SSSR count). The number of nitrogens with zero attached hydrogens (tertiary/aromatic N) is 2. The zero-order chi connectivity index (χ0) is 18.5. The van der Waals surface area contributed by atoms with Crippen LogP contribution >= 0.6 is 0 Å². The molecule has 1 aromatic heterocycles. The van der Waals surface area contributed by atoms with Gasteiger partial charge in [-0.1, -0.05) is 31.4 Å². The zero-order valence-corrected chi connectivity index (χ0v) is 15.3. The molecule has 1 aliphatic rings. The SMILES string of the molecule is COC(=O)c1cccc(Cn2ncc(C(=O)NC3CCCCC3)c2C)c1. The molecule has 0 radical (unpaired) electrons. The van der Waals surface area contributed by atoms with Crippen LogP contribution in [0.15, 0.2) is 30.5 Å². The first-order valence-electron chi connectivity index (χ1n) is 9.09. The first kappa shape index (κ1) is 18.2. The Morgan fingerprint density at radius 2 is 2.04 bits per heavy atom. The molecular weight excluding hydrogens is 330 g/mol. The number of nitrogens with one attached hydrogen (secondary N) is 1. The van der Waals surface area contributed by atoms with Gasteiger partial charge in [0.1, 0.15) is 0 Å². The number of amides is 1. The van der Waals surface area contributed by atoms with Crippen LogP contribution in [0.3, 0.4) is 0 Å². The molecule has 0 atom stereocenters. The highest BCUT2D eigenvalue weighted by Crippen LogP contribution is 2.18. The molecule has 0 saturated heterocycles. The van der Waals surface area contributed by atoms with Gasteiger partial charge in [-0.25, -0.2) is 4.79 Å². The molecule has 1 saturated carbocycles. The molecule has 1 amide bonds. The molecule has 1 N–H and O–H groups in total. The Balaban J connectivity index is 1.70. The maximum atomic E-state index is 12.6. The molecule has 6 nitrogen and oxygen atoms in total. The lowest BCUT2D eigenvalue weighted by Gasteiger charge is -2.22. The standard InChI is InChI=1S/C20H25N3O3/c1-14-18(19(24)22-17-9-4-3-5-10-17)12-21-23(14)13-15-7-6-8-16(11-15)20(25)26-2/h6-8,11-12,17H,3-5,9-10,13H2,1-2H3,(H,22,24). The molecule has 1 aromatic carbocycles. The fraction of sp³-hybridized carbons (Fsp3) is 0.450. The molecule has 0 aliphatic heterocycles. The molecular formula is C20H25N3O3. The Labute approximate surface area is 153 Å². The number of ether oxygens (including phenoxy) is 1. The summed E-state index contributed by atoms with van der Waals surface area (Å²) in [6.45, 7) is 2.39. The largest absolute Gasteiger partial charge is 0.465 e. The Bertz CT molecular complexity index is 791. The normalized spacial score (nSPS) is 14.8. The Hall–Kier alpha value is -2.63. The van der Waals surface area contributed by atoms with Gasteiger partial charge in [0.05, 0.1) is 31.0 Å². The van der Waals surface area contributed by atoms with Crippen LogP contribution in [0.2, 0.25) is 0 Å². The van der Waals surface area contributed by atoms with Crippen LogP contribution in [0.25, 0.3) is 0 Å². The fourth-order valence-corrected chi connectivity index (χ4v) is 3.43. The van der Waals surface area contributed by atoms with Gasteiger partial charge in [0.15, 0.2) is 0 Å². The lowest BCUT2D eigenvalue weighted by molar-refractivity contribution is 0.0600. The van der Waals surface area contributed by atoms with Crippen molar-refractivity contribution in [3.8, 4) is 0 Å². The number of hydrogen-bond donors (Lipinski definition) is 1. The highest BCUT2D eigenvalue weighted by molar-refractivity contribution is 5.95. The predicted octanol–water partition coefficient (Wildman–Crippen LogP) is 3.09. The van der Waals surface area contributed by atoms with Gasteiger partial charge in [0.25, 0.3) is 5.91 Å². The monoisotopic (exact) mass is 355 g/mol. The molecule has 1 fully saturated rings. The van der Waals surface area contributed by atoms with Gasteiger partial charge in [-0.2, -0.15) is 5.10 Å². The maximum Gasteiger partial charge on any atom is 0.337 e. The number of carbonyl (C=O) groups excluding carboxylic acids is 2. The predicted molar refractivity (Wildman–Crippen MR) is 98.2 cm³/mol. The Morgan fingerprint density at radius 1 is 1.27 bits per heavy atom. The summed E-state index contributed by atoms with van der Waals surface area (Å²) in [6, 6.07) is 7.52. The van der Waals surface area contributed by atoms with E-state index in [2.05, 4.69) is 10.4 Å². The van der Waals surface area contributed by atoms with E-state index in [1.165, 1.54) is 26.4 Å². The van der Waals surface area contributed by atoms with E-state index >= 15 is 0 Å². The van der Waals surface area contributed by atoms with E-state index in [0.717, 1.165) is 24.1 Å². The maximum absolute atomic E-state index is 12.6. The van der Waals surface area contributed by atoms with Crippen LogP contribution in [0.4, 0.5) is 0 Å². The first-order valence-corrected chi connectivity index (χ1v) is 9.09. The van der Waals surface area contributed by atoms with Crippen molar-refractivity contribution in [1.29, 1.82) is 0 Å². The molecule has 0 unspecified atom stereocenters. The average Bonchev–Trinajstić information content (AvgIpc) is 3.02. The van der Waals surface area contributed by atoms with Crippen LogP contribution in [0.5, 0.6) is 0 Å². The third-order valence-electron chi connectivity index (χ3n) is 4.97. The molecule has 2 aromatic rings. The van der Waals surface area contributed by atoms with Crippen molar-refractivity contribution in [3.63, 3.8) is 0 Å². The number of aromatic nitrogens is 2. The second-order valence-electron chi connectivity index (χ2n) is 6.80. The van der Waals surface area contributed by atoms with Crippen molar-refractivity contribution in [1.82, 2.24) is 15.1 Å². The lowest BCUT2D eigenvalue weighted by atomic mass is 9.95. The van der Waals surface area contributed by atoms with Crippen LogP contribution in [0, 0.1) is 6.92 Å². The van der Waals surface area contributed by atoms with Gasteiger partial charge in [-0.15, -0.1) is 0 Å². The Kier molecular flexibility index (Phi) is 5.71. The minimum absolute atomic E-state index is 0.0519. The summed E-state index contributed by atoms with van der Waals surface area (Å²) in [6.07, 6.45) is 7.35. The van der Waals surface area contributed by atoms with E-state index in [4.69, 9.17) is 4.74 Å². The summed E-state index contributed by atoms with van der Waals surface area (Å²) in [5.41, 5.74) is 2.87. The summed E-state index contributed by atoms with van der Waals surface area (Å²) in [5.74, 6) is -0.416. The average molecular weight is 355 g/mol. The number of carbonyl (C=O) groups is 2. The van der Waals surface area contributed by atoms with Crippen LogP contribution < -0.4 is 5.32 Å². The van der Waals surface area contributed by atoms with Gasteiger partial charge in [-0.3, -0.25) is 9.48 Å². The van der Waals surface area contributed by atoms with Gasteiger partial charge in [0, 0.05) is 11.7 Å². The summed E-state index contributed by atoms with van der Waals surface area (Å²) in [7, 11) is 1.36. The topological polar surface area (TPSA) is 73.2 Å². The van der Waals surface area contributed by atoms with Crippen molar-refractivity contribution in [2.75, 3.05) is 7.11 Å². The van der Waals surface area contributed by atoms with Crippen LogP contribution in [-0.4, -0.2) is 34.8 Å². The summed E-state index contributed by atoms with van der Waals surface area (Å²) < 4.78 is 6.54. The van der Waals surface area contributed by atoms with Crippen molar-refractivity contribution >= 4 is 11.9 Å². The molecule has 6 heteroatoms. The quantitative estimate of drug-likeness (QED) is 0.837. The fourth-order valence-electron chi connectivity index (χ4n) is 3.43. The molecule has 138 valence electrons. The number of hydrogen-bond acceptors (Lipinski definition) is 4. The van der Waals surface area contributed by atoms with E-state index in [9.17, 15) is 9.59 Å². The van der Waals surface area contributed by atoms with Crippen LogP contribution in [-0.2, 0) is 11.3 Å². The van der Waals surface area contributed by atoms with Gasteiger partial charge in [0.2, 0.25) is 0 Å². The van der Waals surface area contributed by atoms with E-state index in [1.54, 1.807) is 23.0 Å². The van der Waals surface area contributed by atoms with E-state index in [-0.39, 0.29) is 17.9 Å². The van der Waals surface area contributed by atoms with Crippen molar-refractivity contribution in [2.24, 2.45) is 0 Å². The number of rotatable bonds is 5. The third-order valence-corrected chi connectivity index (χ3v) is 4.97. The van der Waals surface area contributed by atoms with Crippen molar-refractivity contribution < 1.29 is 14.3 Å². The van der Waals surface area contributed by atoms with Gasteiger partial charge < -0.3 is 10.1 Å². The minimum Gasteiger partial charge on any atom is -0.465 e. The highest BCUT2D eigenvalue weighted by atomic mass is 16.5. The zero-order valence-electron chi connectivity index (χ0n) is 15.3. The second kappa shape index (κ2) is 8.17. The van der Waals surface area contributed by atoms with Gasteiger partial charge >= 0.3 is 5.97 Å². The number of esters is 1. The van der Waals surface area contributed by atoms with E-state index in [0.29, 0.717) is 17.7 Å². The van der Waals surface area contributed by atoms with E-state index in [1.807, 2.05) is 19.1 Å².